The van der Waals surface area contributed by atoms with Gasteiger partial charge in [-0.1, -0.05) is 32.1 Å². The van der Waals surface area contributed by atoms with E-state index < -0.39 is 5.54 Å². The Morgan fingerprint density at radius 2 is 1.75 bits per heavy atom. The average Bonchev–Trinajstić information content (AvgIpc) is 2.96. The largest absolute Gasteiger partial charge is 0.340 e. The third-order valence-corrected chi connectivity index (χ3v) is 5.52. The second kappa shape index (κ2) is 5.38. The summed E-state index contributed by atoms with van der Waals surface area (Å²) in [6.45, 7) is 2.66. The van der Waals surface area contributed by atoms with Gasteiger partial charge in [-0.05, 0) is 38.5 Å². The van der Waals surface area contributed by atoms with Gasteiger partial charge in [0.1, 0.15) is 11.6 Å². The third kappa shape index (κ3) is 2.33. The molecule has 2 aliphatic carbocycles. The lowest BCUT2D eigenvalue weighted by molar-refractivity contribution is -0.156. The molecule has 4 heteroatoms. The van der Waals surface area contributed by atoms with Crippen LogP contribution < -0.4 is 5.32 Å². The molecule has 0 bridgehead atoms. The molecule has 0 aromatic rings. The Balaban J connectivity index is 1.78. The standard InChI is InChI=1S/C16H26N2O2/c1-12-14(19)17-16(9-5-2-6-10-16)15(20)18(12)11-13-7-3-4-8-13/h12-13H,2-11H2,1H3,(H,17,19). The molecule has 1 atom stereocenters. The molecule has 112 valence electrons. The van der Waals surface area contributed by atoms with Gasteiger partial charge in [-0.15, -0.1) is 0 Å². The van der Waals surface area contributed by atoms with Crippen LogP contribution in [0.2, 0.25) is 0 Å². The van der Waals surface area contributed by atoms with E-state index in [9.17, 15) is 9.59 Å². The first kappa shape index (κ1) is 13.9. The number of nitrogens with zero attached hydrogens (tertiary/aromatic N) is 1. The fourth-order valence-electron chi connectivity index (χ4n) is 4.19. The van der Waals surface area contributed by atoms with E-state index in [0.29, 0.717) is 5.92 Å². The fraction of sp³-hybridized carbons (Fsp3) is 0.875. The maximum Gasteiger partial charge on any atom is 0.249 e. The van der Waals surface area contributed by atoms with Crippen molar-refractivity contribution in [3.05, 3.63) is 0 Å². The van der Waals surface area contributed by atoms with Crippen LogP contribution in [0.3, 0.4) is 0 Å². The van der Waals surface area contributed by atoms with Gasteiger partial charge in [-0.3, -0.25) is 9.59 Å². The number of hydrogen-bond acceptors (Lipinski definition) is 2. The lowest BCUT2D eigenvalue weighted by Gasteiger charge is -2.47. The molecule has 1 unspecified atom stereocenters. The van der Waals surface area contributed by atoms with Gasteiger partial charge < -0.3 is 10.2 Å². The zero-order valence-electron chi connectivity index (χ0n) is 12.5. The highest BCUT2D eigenvalue weighted by molar-refractivity contribution is 5.99. The SMILES string of the molecule is CC1C(=O)NC2(CCCCC2)C(=O)N1CC1CCCC1. The Bertz CT molecular complexity index is 395. The van der Waals surface area contributed by atoms with Crippen molar-refractivity contribution in [2.75, 3.05) is 6.54 Å². The summed E-state index contributed by atoms with van der Waals surface area (Å²) in [5.74, 6) is 0.841. The van der Waals surface area contributed by atoms with E-state index in [1.165, 1.54) is 32.1 Å². The van der Waals surface area contributed by atoms with Gasteiger partial charge in [0.05, 0.1) is 0 Å². The smallest absolute Gasteiger partial charge is 0.249 e. The van der Waals surface area contributed by atoms with Crippen molar-refractivity contribution in [1.82, 2.24) is 10.2 Å². The third-order valence-electron chi connectivity index (χ3n) is 5.52. The summed E-state index contributed by atoms with van der Waals surface area (Å²) >= 11 is 0. The lowest BCUT2D eigenvalue weighted by Crippen LogP contribution is -2.70. The van der Waals surface area contributed by atoms with Crippen LogP contribution >= 0.6 is 0 Å². The zero-order chi connectivity index (χ0) is 14.2. The van der Waals surface area contributed by atoms with E-state index in [1.54, 1.807) is 0 Å². The van der Waals surface area contributed by atoms with Crippen LogP contribution in [-0.2, 0) is 9.59 Å². The number of amides is 2. The summed E-state index contributed by atoms with van der Waals surface area (Å²) < 4.78 is 0. The van der Waals surface area contributed by atoms with Crippen molar-refractivity contribution in [2.24, 2.45) is 5.92 Å². The number of nitrogens with one attached hydrogen (secondary N) is 1. The molecule has 1 spiro atoms. The van der Waals surface area contributed by atoms with E-state index >= 15 is 0 Å². The second-order valence-corrected chi connectivity index (χ2v) is 6.92. The Kier molecular flexibility index (Phi) is 3.74. The highest BCUT2D eigenvalue weighted by Gasteiger charge is 2.50. The van der Waals surface area contributed by atoms with Gasteiger partial charge in [-0.2, -0.15) is 0 Å². The monoisotopic (exact) mass is 278 g/mol. The van der Waals surface area contributed by atoms with E-state index in [1.807, 2.05) is 11.8 Å². The number of carbonyl (C=O) groups is 2. The molecule has 1 N–H and O–H groups in total. The van der Waals surface area contributed by atoms with Crippen LogP contribution in [0, 0.1) is 5.92 Å². The van der Waals surface area contributed by atoms with Crippen molar-refractivity contribution in [1.29, 1.82) is 0 Å². The second-order valence-electron chi connectivity index (χ2n) is 6.92. The van der Waals surface area contributed by atoms with Crippen LogP contribution in [0.4, 0.5) is 0 Å². The molecule has 1 aliphatic heterocycles. The van der Waals surface area contributed by atoms with Crippen LogP contribution in [-0.4, -0.2) is 34.8 Å². The molecule has 2 amide bonds. The predicted octanol–water partition coefficient (Wildman–Crippen LogP) is 2.23. The molecule has 0 aromatic heterocycles. The molecular formula is C16H26N2O2. The minimum Gasteiger partial charge on any atom is -0.340 e. The van der Waals surface area contributed by atoms with Crippen LogP contribution in [0.1, 0.15) is 64.7 Å². The van der Waals surface area contributed by atoms with Gasteiger partial charge in [-0.25, -0.2) is 0 Å². The topological polar surface area (TPSA) is 49.4 Å². The van der Waals surface area contributed by atoms with E-state index in [-0.39, 0.29) is 17.9 Å². The summed E-state index contributed by atoms with van der Waals surface area (Å²) in [5.41, 5.74) is -0.569. The first-order chi connectivity index (χ1) is 9.62. The fourth-order valence-corrected chi connectivity index (χ4v) is 4.19. The molecule has 0 aromatic carbocycles. The molecule has 1 saturated heterocycles. The summed E-state index contributed by atoms with van der Waals surface area (Å²) in [6.07, 6.45) is 9.92. The van der Waals surface area contributed by atoms with Gasteiger partial charge in [0, 0.05) is 6.54 Å². The summed E-state index contributed by atoms with van der Waals surface area (Å²) in [4.78, 5) is 27.1. The Hall–Kier alpha value is -1.06. The predicted molar refractivity (Wildman–Crippen MR) is 77.1 cm³/mol. The molecule has 3 fully saturated rings. The number of piperazine rings is 1. The molecule has 1 heterocycles. The average molecular weight is 278 g/mol. The Morgan fingerprint density at radius 1 is 1.10 bits per heavy atom. The molecule has 4 nitrogen and oxygen atoms in total. The molecule has 3 rings (SSSR count). The normalized spacial score (nSPS) is 30.9. The molecule has 3 aliphatic rings. The minimum absolute atomic E-state index is 0.0458. The zero-order valence-corrected chi connectivity index (χ0v) is 12.5. The van der Waals surface area contributed by atoms with Crippen LogP contribution in [0.15, 0.2) is 0 Å². The summed E-state index contributed by atoms with van der Waals surface area (Å²) in [5, 5.41) is 3.06. The Morgan fingerprint density at radius 3 is 2.40 bits per heavy atom. The van der Waals surface area contributed by atoms with E-state index in [2.05, 4.69) is 5.32 Å². The van der Waals surface area contributed by atoms with Gasteiger partial charge >= 0.3 is 0 Å². The van der Waals surface area contributed by atoms with Crippen LogP contribution in [0.25, 0.3) is 0 Å². The van der Waals surface area contributed by atoms with Gasteiger partial charge in [0.2, 0.25) is 11.8 Å². The highest BCUT2D eigenvalue weighted by atomic mass is 16.2. The summed E-state index contributed by atoms with van der Waals surface area (Å²) in [7, 11) is 0. The highest BCUT2D eigenvalue weighted by Crippen LogP contribution is 2.35. The summed E-state index contributed by atoms with van der Waals surface area (Å²) in [6, 6.07) is -0.296. The molecular weight excluding hydrogens is 252 g/mol. The molecule has 0 radical (unpaired) electrons. The molecule has 2 saturated carbocycles. The molecule has 20 heavy (non-hydrogen) atoms. The van der Waals surface area contributed by atoms with Crippen molar-refractivity contribution in [2.45, 2.75) is 76.3 Å². The minimum atomic E-state index is -0.569. The quantitative estimate of drug-likeness (QED) is 0.842. The number of rotatable bonds is 2. The first-order valence-electron chi connectivity index (χ1n) is 8.25. The Labute approximate surface area is 121 Å². The number of carbonyl (C=O) groups excluding carboxylic acids is 2. The van der Waals surface area contributed by atoms with Crippen molar-refractivity contribution >= 4 is 11.8 Å². The lowest BCUT2D eigenvalue weighted by atomic mass is 9.78. The maximum atomic E-state index is 13.0. The van der Waals surface area contributed by atoms with Crippen molar-refractivity contribution in [3.8, 4) is 0 Å². The van der Waals surface area contributed by atoms with Crippen molar-refractivity contribution in [3.63, 3.8) is 0 Å². The van der Waals surface area contributed by atoms with E-state index in [0.717, 1.165) is 32.2 Å². The van der Waals surface area contributed by atoms with Gasteiger partial charge in [0.15, 0.2) is 0 Å². The van der Waals surface area contributed by atoms with Gasteiger partial charge in [0.25, 0.3) is 0 Å². The van der Waals surface area contributed by atoms with E-state index in [4.69, 9.17) is 0 Å². The first-order valence-corrected chi connectivity index (χ1v) is 8.25. The van der Waals surface area contributed by atoms with Crippen LogP contribution in [0.5, 0.6) is 0 Å². The van der Waals surface area contributed by atoms with Crippen molar-refractivity contribution < 1.29 is 9.59 Å². The number of hydrogen-bond donors (Lipinski definition) is 1. The maximum absolute atomic E-state index is 13.0.